The molecule has 4 heterocycles. The number of rotatable bonds is 14. The molecule has 3 aromatic carbocycles. The zero-order valence-corrected chi connectivity index (χ0v) is 32.1. The maximum absolute atomic E-state index is 13.1. The molecule has 0 saturated carbocycles. The van der Waals surface area contributed by atoms with Gasteiger partial charge in [-0.2, -0.15) is 4.98 Å². The highest BCUT2D eigenvalue weighted by molar-refractivity contribution is 7.79. The summed E-state index contributed by atoms with van der Waals surface area (Å²) in [5, 5.41) is 11.9. The van der Waals surface area contributed by atoms with Crippen molar-refractivity contribution in [1.82, 2.24) is 25.1 Å². The van der Waals surface area contributed by atoms with Gasteiger partial charge in [0.1, 0.15) is 11.9 Å². The normalized spacial score (nSPS) is 17.3. The third kappa shape index (κ3) is 9.10. The predicted octanol–water partition coefficient (Wildman–Crippen LogP) is 4.58. The second kappa shape index (κ2) is 17.3. The van der Waals surface area contributed by atoms with E-state index < -0.39 is 40.8 Å². The smallest absolute Gasteiger partial charge is 0.262 e. The molecule has 2 unspecified atom stereocenters. The van der Waals surface area contributed by atoms with Crippen molar-refractivity contribution in [3.63, 3.8) is 0 Å². The Balaban J connectivity index is 0.809. The summed E-state index contributed by atoms with van der Waals surface area (Å²) in [6, 6.07) is 18.6. The van der Waals surface area contributed by atoms with Gasteiger partial charge in [-0.3, -0.25) is 34.2 Å². The zero-order valence-electron chi connectivity index (χ0n) is 31.3. The number of nitrogens with zero attached hydrogens (tertiary/aromatic N) is 5. The number of piperazine rings is 1. The number of amides is 5. The summed E-state index contributed by atoms with van der Waals surface area (Å²) in [6.45, 7) is 5.24. The Morgan fingerprint density at radius 1 is 0.877 bits per heavy atom. The highest BCUT2D eigenvalue weighted by atomic mass is 32.2. The molecule has 3 aliphatic rings. The van der Waals surface area contributed by atoms with Crippen LogP contribution in [0.15, 0.2) is 77.8 Å². The Labute approximate surface area is 331 Å². The molecule has 5 amide bonds. The van der Waals surface area contributed by atoms with E-state index >= 15 is 0 Å². The zero-order chi connectivity index (χ0) is 40.1. The number of hydrogen-bond donors (Lipinski definition) is 5. The quantitative estimate of drug-likeness (QED) is 0.0675. The summed E-state index contributed by atoms with van der Waals surface area (Å²) in [5.41, 5.74) is 4.48. The number of aryl methyl sites for hydroxylation is 1. The Kier molecular flexibility index (Phi) is 11.9. The van der Waals surface area contributed by atoms with E-state index in [4.69, 9.17) is 0 Å². The van der Waals surface area contributed by atoms with Gasteiger partial charge in [-0.05, 0) is 86.8 Å². The number of imide groups is 2. The highest BCUT2D eigenvalue weighted by Gasteiger charge is 2.44. The minimum absolute atomic E-state index is 0.0702. The minimum Gasteiger partial charge on any atom is -0.385 e. The molecule has 16 nitrogen and oxygen atoms in total. The summed E-state index contributed by atoms with van der Waals surface area (Å²) in [7, 11) is 0. The van der Waals surface area contributed by atoms with E-state index in [1.165, 1.54) is 0 Å². The van der Waals surface area contributed by atoms with E-state index in [1.807, 2.05) is 36.1 Å². The molecule has 1 aromatic heterocycles. The number of fused-ring (bicyclic) bond motifs is 1. The van der Waals surface area contributed by atoms with E-state index in [-0.39, 0.29) is 34.8 Å². The van der Waals surface area contributed by atoms with Gasteiger partial charge in [-0.25, -0.2) is 9.19 Å². The number of carbonyl (C=O) groups is 5. The Bertz CT molecular complexity index is 2230. The second-order valence-corrected chi connectivity index (χ2v) is 15.1. The first-order chi connectivity index (χ1) is 27.5. The molecule has 57 heavy (non-hydrogen) atoms. The first kappa shape index (κ1) is 39.1. The van der Waals surface area contributed by atoms with Crippen molar-refractivity contribution in [2.24, 2.45) is 0 Å². The molecule has 2 saturated heterocycles. The lowest BCUT2D eigenvalue weighted by Gasteiger charge is -2.36. The van der Waals surface area contributed by atoms with Crippen molar-refractivity contribution in [2.45, 2.75) is 56.4 Å². The molecule has 3 aliphatic heterocycles. The Morgan fingerprint density at radius 3 is 2.39 bits per heavy atom. The molecule has 4 aromatic rings. The van der Waals surface area contributed by atoms with Gasteiger partial charge in [0, 0.05) is 80.1 Å². The molecule has 17 heteroatoms. The van der Waals surface area contributed by atoms with Crippen molar-refractivity contribution >= 4 is 75.1 Å². The van der Waals surface area contributed by atoms with Gasteiger partial charge in [0.05, 0.1) is 16.0 Å². The molecular formula is C40H43N9O7S. The fourth-order valence-electron chi connectivity index (χ4n) is 7.10. The first-order valence-corrected chi connectivity index (χ1v) is 20.0. The lowest BCUT2D eigenvalue weighted by molar-refractivity contribution is -0.136. The fourth-order valence-corrected chi connectivity index (χ4v) is 7.52. The second-order valence-electron chi connectivity index (χ2n) is 14.1. The van der Waals surface area contributed by atoms with Gasteiger partial charge in [-0.15, -0.1) is 0 Å². The van der Waals surface area contributed by atoms with Gasteiger partial charge < -0.3 is 30.3 Å². The van der Waals surface area contributed by atoms with Crippen LogP contribution in [0.25, 0.3) is 0 Å². The average molecular weight is 794 g/mol. The molecule has 0 bridgehead atoms. The number of nitrogens with one attached hydrogen (secondary N) is 4. The van der Waals surface area contributed by atoms with Crippen LogP contribution in [0.1, 0.15) is 64.8 Å². The summed E-state index contributed by atoms with van der Waals surface area (Å²) in [5.74, 6) is -1.00. The monoisotopic (exact) mass is 793 g/mol. The molecule has 2 fully saturated rings. The van der Waals surface area contributed by atoms with Crippen LogP contribution < -0.4 is 26.2 Å². The van der Waals surface area contributed by atoms with E-state index in [2.05, 4.69) is 36.1 Å². The molecular weight excluding hydrogens is 751 g/mol. The van der Waals surface area contributed by atoms with Crippen LogP contribution in [0.4, 0.5) is 34.5 Å². The summed E-state index contributed by atoms with van der Waals surface area (Å²) < 4.78 is 20.9. The van der Waals surface area contributed by atoms with Gasteiger partial charge in [0.25, 0.3) is 11.8 Å². The van der Waals surface area contributed by atoms with Crippen LogP contribution in [-0.4, -0.2) is 96.8 Å². The van der Waals surface area contributed by atoms with E-state index in [0.717, 1.165) is 54.2 Å². The Morgan fingerprint density at radius 2 is 1.63 bits per heavy atom. The number of aromatic nitrogens is 2. The third-order valence-electron chi connectivity index (χ3n) is 10.2. The van der Waals surface area contributed by atoms with Crippen molar-refractivity contribution in [2.75, 3.05) is 53.6 Å². The van der Waals surface area contributed by atoms with Gasteiger partial charge >= 0.3 is 0 Å². The maximum atomic E-state index is 13.1. The van der Waals surface area contributed by atoms with Crippen molar-refractivity contribution in [3.8, 4) is 0 Å². The maximum Gasteiger partial charge on any atom is 0.262 e. The molecule has 7 rings (SSSR count). The minimum atomic E-state index is -2.08. The van der Waals surface area contributed by atoms with Crippen LogP contribution in [-0.2, 0) is 25.5 Å². The van der Waals surface area contributed by atoms with Crippen molar-refractivity contribution in [3.05, 3.63) is 89.6 Å². The highest BCUT2D eigenvalue weighted by Crippen LogP contribution is 2.30. The number of anilines is 6. The molecule has 0 aliphatic carbocycles. The molecule has 0 radical (unpaired) electrons. The van der Waals surface area contributed by atoms with Gasteiger partial charge in [0.15, 0.2) is 11.1 Å². The molecule has 0 spiro atoms. The van der Waals surface area contributed by atoms with Crippen molar-refractivity contribution in [1.29, 1.82) is 0 Å². The lowest BCUT2D eigenvalue weighted by Crippen LogP contribution is -2.54. The fraction of sp³-hybridized carbons (Fsp3) is 0.325. The number of benzene rings is 3. The number of piperidine rings is 1. The van der Waals surface area contributed by atoms with Crippen LogP contribution >= 0.6 is 0 Å². The largest absolute Gasteiger partial charge is 0.385 e. The van der Waals surface area contributed by atoms with E-state index in [0.29, 0.717) is 49.2 Å². The topological polar surface area (TPSA) is 206 Å². The van der Waals surface area contributed by atoms with Gasteiger partial charge in [0.2, 0.25) is 23.7 Å². The SMILES string of the molecule is Cc1cnc(Nc2ccc(N3CCN(C(=O)CCCCCNc4ccc5c(c4)C(=O)N(C4CCC(=O)NC4=O)C5=O)CC3)cc2)nc1Nc1cccc(S(=O)O)c1. The lowest BCUT2D eigenvalue weighted by atomic mass is 10.0. The summed E-state index contributed by atoms with van der Waals surface area (Å²) in [4.78, 5) is 77.3. The van der Waals surface area contributed by atoms with Crippen LogP contribution in [0.5, 0.6) is 0 Å². The van der Waals surface area contributed by atoms with Gasteiger partial charge in [-0.1, -0.05) is 12.5 Å². The molecule has 2 atom stereocenters. The summed E-state index contributed by atoms with van der Waals surface area (Å²) in [6.07, 6.45) is 4.78. The van der Waals surface area contributed by atoms with E-state index in [1.54, 1.807) is 48.7 Å². The van der Waals surface area contributed by atoms with Crippen LogP contribution in [0.3, 0.4) is 0 Å². The number of hydrogen-bond acceptors (Lipinski definition) is 12. The standard InChI is InChI=1S/C40H43N9O7S/c1-25-24-42-40(46-36(25)43-28-6-5-7-30(22-28)57(55)56)44-26-9-12-29(13-10-26)47-18-20-48(21-19-47)35(51)8-3-2-4-17-41-27-11-14-31-32(23-27)39(54)49(38(31)53)33-15-16-34(50)45-37(33)52/h5-7,9-14,22-24,33,41H,2-4,8,15-21H2,1H3,(H,55,56)(H,45,50,52)(H2,42,43,44,46). The summed E-state index contributed by atoms with van der Waals surface area (Å²) >= 11 is -2.08. The Hall–Kier alpha value is -6.20. The first-order valence-electron chi connectivity index (χ1n) is 18.8. The van der Waals surface area contributed by atoms with E-state index in [9.17, 15) is 32.7 Å². The molecule has 5 N–H and O–H groups in total. The average Bonchev–Trinajstić information content (AvgIpc) is 3.45. The number of unbranched alkanes of at least 4 members (excludes halogenated alkanes) is 2. The van der Waals surface area contributed by atoms with Crippen molar-refractivity contribution < 1.29 is 32.7 Å². The molecule has 296 valence electrons. The predicted molar refractivity (Wildman–Crippen MR) is 214 cm³/mol. The van der Waals surface area contributed by atoms with Crippen LogP contribution in [0, 0.1) is 6.92 Å². The number of carbonyl (C=O) groups excluding carboxylic acids is 5. The van der Waals surface area contributed by atoms with Crippen LogP contribution in [0.2, 0.25) is 0 Å². The third-order valence-corrected chi connectivity index (χ3v) is 10.9.